The molecule has 0 aromatic heterocycles. The quantitative estimate of drug-likeness (QED) is 0.752. The fourth-order valence-electron chi connectivity index (χ4n) is 1.75. The molecule has 2 N–H and O–H groups in total. The van der Waals surface area contributed by atoms with E-state index in [0.717, 1.165) is 17.1 Å². The molecule has 6 heteroatoms. The summed E-state index contributed by atoms with van der Waals surface area (Å²) in [6.45, 7) is 1.61. The third-order valence-corrected chi connectivity index (χ3v) is 2.77. The van der Waals surface area contributed by atoms with E-state index in [1.807, 2.05) is 18.2 Å². The van der Waals surface area contributed by atoms with Crippen molar-refractivity contribution in [3.8, 4) is 11.5 Å². The summed E-state index contributed by atoms with van der Waals surface area (Å²) in [5.41, 5.74) is 6.28. The van der Waals surface area contributed by atoms with Crippen LogP contribution in [0, 0.1) is 0 Å². The first-order valence-corrected chi connectivity index (χ1v) is 6.11. The van der Waals surface area contributed by atoms with Crippen molar-refractivity contribution in [2.75, 3.05) is 33.6 Å². The maximum Gasteiger partial charge on any atom is 0.248 e. The van der Waals surface area contributed by atoms with Crippen LogP contribution in [0.2, 0.25) is 0 Å². The number of carbonyl (C=O) groups is 1. The Morgan fingerprint density at radius 3 is 3.00 bits per heavy atom. The lowest BCUT2D eigenvalue weighted by Gasteiger charge is -2.17. The van der Waals surface area contributed by atoms with Gasteiger partial charge in [-0.25, -0.2) is 0 Å². The minimum Gasteiger partial charge on any atom is -0.454 e. The van der Waals surface area contributed by atoms with Crippen molar-refractivity contribution in [1.29, 1.82) is 0 Å². The van der Waals surface area contributed by atoms with E-state index in [-0.39, 0.29) is 19.3 Å². The Balaban J connectivity index is 1.88. The van der Waals surface area contributed by atoms with E-state index in [1.165, 1.54) is 0 Å². The molecular formula is C13H18N2O4. The summed E-state index contributed by atoms with van der Waals surface area (Å²) in [5, 5.41) is 0. The number of hydrogen-bond acceptors (Lipinski definition) is 5. The standard InChI is InChI=1S/C13H18N2O4/c1-15(13(16)8-17-5-4-14)7-10-2-3-11-12(6-10)19-9-18-11/h2-3,6H,4-5,7-9,14H2,1H3. The molecule has 2 rings (SSSR count). The van der Waals surface area contributed by atoms with E-state index in [9.17, 15) is 4.79 Å². The van der Waals surface area contributed by atoms with Crippen LogP contribution >= 0.6 is 0 Å². The second kappa shape index (κ2) is 6.40. The average molecular weight is 266 g/mol. The Hall–Kier alpha value is -1.79. The van der Waals surface area contributed by atoms with E-state index < -0.39 is 0 Å². The van der Waals surface area contributed by atoms with Gasteiger partial charge >= 0.3 is 0 Å². The second-order valence-electron chi connectivity index (χ2n) is 4.28. The van der Waals surface area contributed by atoms with Gasteiger partial charge in [0.1, 0.15) is 6.61 Å². The van der Waals surface area contributed by atoms with Crippen molar-refractivity contribution >= 4 is 5.91 Å². The Labute approximate surface area is 112 Å². The fraction of sp³-hybridized carbons (Fsp3) is 0.462. The van der Waals surface area contributed by atoms with Gasteiger partial charge in [0.25, 0.3) is 0 Å². The predicted molar refractivity (Wildman–Crippen MR) is 68.9 cm³/mol. The zero-order valence-electron chi connectivity index (χ0n) is 10.9. The van der Waals surface area contributed by atoms with Gasteiger partial charge in [-0.2, -0.15) is 0 Å². The molecule has 0 unspecified atom stereocenters. The van der Waals surface area contributed by atoms with Gasteiger partial charge in [-0.1, -0.05) is 6.07 Å². The highest BCUT2D eigenvalue weighted by atomic mass is 16.7. The minimum atomic E-state index is -0.0777. The van der Waals surface area contributed by atoms with Crippen molar-refractivity contribution in [2.24, 2.45) is 5.73 Å². The van der Waals surface area contributed by atoms with Crippen LogP contribution in [-0.4, -0.2) is 44.4 Å². The van der Waals surface area contributed by atoms with Crippen LogP contribution in [0.5, 0.6) is 11.5 Å². The summed E-state index contributed by atoms with van der Waals surface area (Å²) < 4.78 is 15.6. The van der Waals surface area contributed by atoms with Crippen LogP contribution in [0.4, 0.5) is 0 Å². The van der Waals surface area contributed by atoms with Crippen LogP contribution in [0.1, 0.15) is 5.56 Å². The van der Waals surface area contributed by atoms with Crippen molar-refractivity contribution in [3.63, 3.8) is 0 Å². The first kappa shape index (κ1) is 13.6. The van der Waals surface area contributed by atoms with E-state index in [1.54, 1.807) is 11.9 Å². The highest BCUT2D eigenvalue weighted by molar-refractivity contribution is 5.77. The maximum absolute atomic E-state index is 11.8. The molecule has 0 atom stereocenters. The number of rotatable bonds is 6. The topological polar surface area (TPSA) is 74.0 Å². The lowest BCUT2D eigenvalue weighted by Crippen LogP contribution is -2.30. The monoisotopic (exact) mass is 266 g/mol. The lowest BCUT2D eigenvalue weighted by atomic mass is 10.2. The van der Waals surface area contributed by atoms with E-state index >= 15 is 0 Å². The number of ether oxygens (including phenoxy) is 3. The largest absolute Gasteiger partial charge is 0.454 e. The van der Waals surface area contributed by atoms with Crippen molar-refractivity contribution in [1.82, 2.24) is 4.90 Å². The molecule has 1 aromatic rings. The maximum atomic E-state index is 11.8. The summed E-state index contributed by atoms with van der Waals surface area (Å²) in [4.78, 5) is 13.4. The van der Waals surface area contributed by atoms with Crippen LogP contribution < -0.4 is 15.2 Å². The van der Waals surface area contributed by atoms with Crippen molar-refractivity contribution in [3.05, 3.63) is 23.8 Å². The third kappa shape index (κ3) is 3.59. The molecule has 19 heavy (non-hydrogen) atoms. The fourth-order valence-corrected chi connectivity index (χ4v) is 1.75. The van der Waals surface area contributed by atoms with Gasteiger partial charge in [0, 0.05) is 20.1 Å². The Kier molecular flexibility index (Phi) is 4.59. The Morgan fingerprint density at radius 2 is 2.21 bits per heavy atom. The second-order valence-corrected chi connectivity index (χ2v) is 4.28. The van der Waals surface area contributed by atoms with Crippen LogP contribution in [-0.2, 0) is 16.1 Å². The summed E-state index contributed by atoms with van der Waals surface area (Å²) in [5.74, 6) is 1.38. The molecule has 1 amide bonds. The zero-order valence-corrected chi connectivity index (χ0v) is 10.9. The Morgan fingerprint density at radius 1 is 1.42 bits per heavy atom. The molecule has 0 fully saturated rings. The molecule has 0 saturated carbocycles. The van der Waals surface area contributed by atoms with Crippen LogP contribution in [0.3, 0.4) is 0 Å². The summed E-state index contributed by atoms with van der Waals surface area (Å²) in [6, 6.07) is 5.64. The van der Waals surface area contributed by atoms with Crippen molar-refractivity contribution in [2.45, 2.75) is 6.54 Å². The minimum absolute atomic E-state index is 0.0538. The van der Waals surface area contributed by atoms with Crippen LogP contribution in [0.15, 0.2) is 18.2 Å². The van der Waals surface area contributed by atoms with E-state index in [2.05, 4.69) is 0 Å². The molecule has 0 spiro atoms. The normalized spacial score (nSPS) is 12.5. The third-order valence-electron chi connectivity index (χ3n) is 2.77. The van der Waals surface area contributed by atoms with Gasteiger partial charge in [-0.15, -0.1) is 0 Å². The smallest absolute Gasteiger partial charge is 0.248 e. The van der Waals surface area contributed by atoms with E-state index in [0.29, 0.717) is 19.7 Å². The van der Waals surface area contributed by atoms with Gasteiger partial charge in [0.2, 0.25) is 12.7 Å². The van der Waals surface area contributed by atoms with E-state index in [4.69, 9.17) is 19.9 Å². The first-order valence-electron chi connectivity index (χ1n) is 6.11. The number of fused-ring (bicyclic) bond motifs is 1. The number of hydrogen-bond donors (Lipinski definition) is 1. The van der Waals surface area contributed by atoms with Gasteiger partial charge in [0.05, 0.1) is 6.61 Å². The molecule has 0 bridgehead atoms. The summed E-state index contributed by atoms with van der Waals surface area (Å²) >= 11 is 0. The summed E-state index contributed by atoms with van der Waals surface area (Å²) in [6.07, 6.45) is 0. The lowest BCUT2D eigenvalue weighted by molar-refractivity contribution is -0.135. The van der Waals surface area contributed by atoms with Crippen molar-refractivity contribution < 1.29 is 19.0 Å². The molecule has 0 radical (unpaired) electrons. The highest BCUT2D eigenvalue weighted by Crippen LogP contribution is 2.32. The molecule has 1 aliphatic rings. The molecule has 1 aliphatic heterocycles. The molecule has 6 nitrogen and oxygen atoms in total. The molecule has 104 valence electrons. The number of amides is 1. The summed E-state index contributed by atoms with van der Waals surface area (Å²) in [7, 11) is 1.73. The first-order chi connectivity index (χ1) is 9.20. The molecule has 1 heterocycles. The molecule has 0 aliphatic carbocycles. The number of nitrogens with zero attached hydrogens (tertiary/aromatic N) is 1. The van der Waals surface area contributed by atoms with Gasteiger partial charge in [-0.05, 0) is 17.7 Å². The number of likely N-dealkylation sites (N-methyl/N-ethyl adjacent to an activating group) is 1. The Bertz CT molecular complexity index is 450. The molecule has 1 aromatic carbocycles. The number of nitrogens with two attached hydrogens (primary N) is 1. The molecule has 0 saturated heterocycles. The predicted octanol–water partition coefficient (Wildman–Crippen LogP) is 0.349. The van der Waals surface area contributed by atoms with Gasteiger partial charge in [0.15, 0.2) is 11.5 Å². The zero-order chi connectivity index (χ0) is 13.7. The highest BCUT2D eigenvalue weighted by Gasteiger charge is 2.15. The SMILES string of the molecule is CN(Cc1ccc2c(c1)OCO2)C(=O)COCCN. The van der Waals surface area contributed by atoms with Gasteiger partial charge < -0.3 is 24.8 Å². The van der Waals surface area contributed by atoms with Gasteiger partial charge in [-0.3, -0.25) is 4.79 Å². The number of carbonyl (C=O) groups excluding carboxylic acids is 1. The van der Waals surface area contributed by atoms with Crippen LogP contribution in [0.25, 0.3) is 0 Å². The number of benzene rings is 1. The average Bonchev–Trinajstić information content (AvgIpc) is 2.86. The molecular weight excluding hydrogens is 248 g/mol.